The first-order valence-corrected chi connectivity index (χ1v) is 9.26. The molecule has 3 aromatic rings. The number of pyridine rings is 1. The third-order valence-electron chi connectivity index (χ3n) is 4.90. The van der Waals surface area contributed by atoms with Gasteiger partial charge in [0.05, 0.1) is 23.6 Å². The van der Waals surface area contributed by atoms with Crippen molar-refractivity contribution in [3.8, 4) is 0 Å². The standard InChI is InChI=1S/C17H19N5O2S/c1-21(2)14-11(20-24)8-18-16-12(14)13-15(25-16)17(23)22(9-19-13)10-6-4-3-5-7-10/h8-10H,3-7H2,1-2H3. The molecule has 0 aliphatic heterocycles. The second kappa shape index (κ2) is 6.18. The predicted molar refractivity (Wildman–Crippen MR) is 101 cm³/mol. The highest BCUT2D eigenvalue weighted by atomic mass is 32.1. The number of rotatable bonds is 3. The van der Waals surface area contributed by atoms with Gasteiger partial charge in [-0.2, -0.15) is 0 Å². The van der Waals surface area contributed by atoms with Gasteiger partial charge in [-0.3, -0.25) is 9.36 Å². The van der Waals surface area contributed by atoms with Crippen molar-refractivity contribution >= 4 is 43.1 Å². The Labute approximate surface area is 148 Å². The molecule has 7 nitrogen and oxygen atoms in total. The number of nitrogens with zero attached hydrogens (tertiary/aromatic N) is 5. The van der Waals surface area contributed by atoms with Gasteiger partial charge in [0.15, 0.2) is 0 Å². The minimum atomic E-state index is -0.00906. The molecule has 1 aliphatic rings. The molecule has 1 aliphatic carbocycles. The third-order valence-corrected chi connectivity index (χ3v) is 5.98. The van der Waals surface area contributed by atoms with Gasteiger partial charge in [0.25, 0.3) is 5.56 Å². The third kappa shape index (κ3) is 2.52. The van der Waals surface area contributed by atoms with E-state index in [9.17, 15) is 9.70 Å². The average Bonchev–Trinajstić information content (AvgIpc) is 3.01. The zero-order valence-electron chi connectivity index (χ0n) is 14.2. The number of nitroso groups, excluding NO2 is 1. The highest BCUT2D eigenvalue weighted by Gasteiger charge is 2.22. The molecule has 8 heteroatoms. The monoisotopic (exact) mass is 357 g/mol. The lowest BCUT2D eigenvalue weighted by molar-refractivity contribution is 0.345. The maximum Gasteiger partial charge on any atom is 0.271 e. The van der Waals surface area contributed by atoms with Crippen molar-refractivity contribution < 1.29 is 0 Å². The molecular formula is C17H19N5O2S. The Morgan fingerprint density at radius 2 is 2.00 bits per heavy atom. The summed E-state index contributed by atoms with van der Waals surface area (Å²) in [6, 6.07) is 0.233. The van der Waals surface area contributed by atoms with Crippen molar-refractivity contribution in [3.05, 3.63) is 27.8 Å². The maximum absolute atomic E-state index is 13.0. The van der Waals surface area contributed by atoms with Gasteiger partial charge in [-0.1, -0.05) is 19.3 Å². The summed E-state index contributed by atoms with van der Waals surface area (Å²) in [6.07, 6.45) is 8.72. The number of hydrogen-bond donors (Lipinski definition) is 0. The van der Waals surface area contributed by atoms with Crippen LogP contribution in [0.15, 0.2) is 22.5 Å². The van der Waals surface area contributed by atoms with Crippen molar-refractivity contribution in [1.29, 1.82) is 0 Å². The molecule has 1 fully saturated rings. The summed E-state index contributed by atoms with van der Waals surface area (Å²) >= 11 is 1.34. The molecule has 4 rings (SSSR count). The van der Waals surface area contributed by atoms with Crippen LogP contribution in [0.2, 0.25) is 0 Å². The zero-order valence-corrected chi connectivity index (χ0v) is 15.0. The van der Waals surface area contributed by atoms with Crippen LogP contribution in [-0.2, 0) is 0 Å². The molecule has 0 spiro atoms. The first kappa shape index (κ1) is 16.1. The second-order valence-corrected chi connectivity index (χ2v) is 7.69. The van der Waals surface area contributed by atoms with E-state index in [4.69, 9.17) is 0 Å². The smallest absolute Gasteiger partial charge is 0.271 e. The summed E-state index contributed by atoms with van der Waals surface area (Å²) in [5.74, 6) is 0. The molecule has 0 radical (unpaired) electrons. The van der Waals surface area contributed by atoms with Crippen molar-refractivity contribution in [2.24, 2.45) is 5.18 Å². The number of anilines is 1. The summed E-state index contributed by atoms with van der Waals surface area (Å²) in [5, 5.41) is 3.81. The average molecular weight is 357 g/mol. The van der Waals surface area contributed by atoms with Gasteiger partial charge in [-0.15, -0.1) is 16.2 Å². The molecule has 0 aromatic carbocycles. The lowest BCUT2D eigenvalue weighted by Crippen LogP contribution is -2.26. The molecular weight excluding hydrogens is 338 g/mol. The molecule has 0 atom stereocenters. The Morgan fingerprint density at radius 1 is 1.24 bits per heavy atom. The summed E-state index contributed by atoms with van der Waals surface area (Å²) in [5.41, 5.74) is 1.52. The molecule has 3 heterocycles. The number of hydrogen-bond acceptors (Lipinski definition) is 7. The molecule has 0 unspecified atom stereocenters. The molecule has 0 N–H and O–H groups in total. The highest BCUT2D eigenvalue weighted by Crippen LogP contribution is 2.41. The minimum Gasteiger partial charge on any atom is -0.375 e. The molecule has 3 aromatic heterocycles. The Bertz CT molecular complexity index is 1020. The quantitative estimate of drug-likeness (QED) is 0.663. The van der Waals surface area contributed by atoms with Crippen LogP contribution >= 0.6 is 11.3 Å². The Morgan fingerprint density at radius 3 is 2.68 bits per heavy atom. The summed E-state index contributed by atoms with van der Waals surface area (Å²) in [7, 11) is 3.69. The SMILES string of the molecule is CN(C)c1c(N=O)cnc2sc3c(=O)n(C4CCCCC4)cnc3c12. The van der Waals surface area contributed by atoms with E-state index in [1.54, 1.807) is 10.9 Å². The van der Waals surface area contributed by atoms with Crippen LogP contribution in [0, 0.1) is 4.91 Å². The van der Waals surface area contributed by atoms with E-state index in [0.717, 1.165) is 31.1 Å². The van der Waals surface area contributed by atoms with Gasteiger partial charge < -0.3 is 4.90 Å². The Balaban J connectivity index is 2.00. The van der Waals surface area contributed by atoms with E-state index in [1.165, 1.54) is 24.0 Å². The molecule has 0 bridgehead atoms. The van der Waals surface area contributed by atoms with E-state index in [1.807, 2.05) is 19.0 Å². The largest absolute Gasteiger partial charge is 0.375 e. The van der Waals surface area contributed by atoms with E-state index >= 15 is 0 Å². The van der Waals surface area contributed by atoms with E-state index in [-0.39, 0.29) is 17.3 Å². The number of fused-ring (bicyclic) bond motifs is 3. The number of thiophene rings is 1. The van der Waals surface area contributed by atoms with Crippen LogP contribution < -0.4 is 10.5 Å². The zero-order chi connectivity index (χ0) is 17.6. The van der Waals surface area contributed by atoms with Gasteiger partial charge >= 0.3 is 0 Å². The lowest BCUT2D eigenvalue weighted by atomic mass is 9.95. The van der Waals surface area contributed by atoms with Crippen LogP contribution in [-0.4, -0.2) is 28.6 Å². The van der Waals surface area contributed by atoms with E-state index in [2.05, 4.69) is 15.1 Å². The van der Waals surface area contributed by atoms with Crippen LogP contribution in [0.4, 0.5) is 11.4 Å². The van der Waals surface area contributed by atoms with Crippen LogP contribution in [0.1, 0.15) is 38.1 Å². The lowest BCUT2D eigenvalue weighted by Gasteiger charge is -2.23. The van der Waals surface area contributed by atoms with E-state index in [0.29, 0.717) is 20.7 Å². The van der Waals surface area contributed by atoms with Crippen molar-refractivity contribution in [2.75, 3.05) is 19.0 Å². The van der Waals surface area contributed by atoms with Crippen molar-refractivity contribution in [3.63, 3.8) is 0 Å². The Hall–Kier alpha value is -2.35. The molecule has 0 amide bonds. The fourth-order valence-electron chi connectivity index (χ4n) is 3.72. The molecule has 1 saturated carbocycles. The summed E-state index contributed by atoms with van der Waals surface area (Å²) in [6.45, 7) is 0. The van der Waals surface area contributed by atoms with Gasteiger partial charge in [-0.05, 0) is 18.0 Å². The molecule has 130 valence electrons. The molecule has 0 saturated heterocycles. The minimum absolute atomic E-state index is 0.00906. The predicted octanol–water partition coefficient (Wildman–Crippen LogP) is 3.98. The molecule has 25 heavy (non-hydrogen) atoms. The fourth-order valence-corrected chi connectivity index (χ4v) is 4.76. The summed E-state index contributed by atoms with van der Waals surface area (Å²) < 4.78 is 2.38. The van der Waals surface area contributed by atoms with Gasteiger partial charge in [-0.25, -0.2) is 9.97 Å². The second-order valence-electron chi connectivity index (χ2n) is 6.69. The fraction of sp³-hybridized carbons (Fsp3) is 0.471. The van der Waals surface area contributed by atoms with Crippen molar-refractivity contribution in [1.82, 2.24) is 14.5 Å². The first-order valence-electron chi connectivity index (χ1n) is 8.45. The van der Waals surface area contributed by atoms with Gasteiger partial charge in [0.2, 0.25) is 0 Å². The van der Waals surface area contributed by atoms with E-state index < -0.39 is 0 Å². The maximum atomic E-state index is 13.0. The normalized spacial score (nSPS) is 15.8. The topological polar surface area (TPSA) is 80.5 Å². The summed E-state index contributed by atoms with van der Waals surface area (Å²) in [4.78, 5) is 35.6. The first-order chi connectivity index (χ1) is 12.1. The van der Waals surface area contributed by atoms with Crippen LogP contribution in [0.5, 0.6) is 0 Å². The van der Waals surface area contributed by atoms with Gasteiger partial charge in [0, 0.05) is 20.1 Å². The highest BCUT2D eigenvalue weighted by molar-refractivity contribution is 7.25. The van der Waals surface area contributed by atoms with Crippen LogP contribution in [0.25, 0.3) is 20.4 Å². The van der Waals surface area contributed by atoms with Gasteiger partial charge in [0.1, 0.15) is 20.7 Å². The van der Waals surface area contributed by atoms with Crippen LogP contribution in [0.3, 0.4) is 0 Å². The van der Waals surface area contributed by atoms with Crippen molar-refractivity contribution in [2.45, 2.75) is 38.1 Å². The Kier molecular flexibility index (Phi) is 3.99. The number of aromatic nitrogens is 3.